The average Bonchev–Trinajstić information content (AvgIpc) is 2.43. The Kier molecular flexibility index (Phi) is 12.0. The first kappa shape index (κ1) is 20.6. The van der Waals surface area contributed by atoms with E-state index in [1.807, 2.05) is 0 Å². The third-order valence-electron chi connectivity index (χ3n) is 1.93. The molecule has 19 heavy (non-hydrogen) atoms. The van der Waals surface area contributed by atoms with Crippen molar-refractivity contribution in [3.63, 3.8) is 0 Å². The molecule has 0 fully saturated rings. The van der Waals surface area contributed by atoms with Gasteiger partial charge in [0.25, 0.3) is 0 Å². The zero-order valence-corrected chi connectivity index (χ0v) is 10.8. The van der Waals surface area contributed by atoms with Crippen molar-refractivity contribution in [2.45, 2.75) is 30.5 Å². The number of hydrogen-bond acceptors (Lipinski definition) is 9. The van der Waals surface area contributed by atoms with E-state index in [1.54, 1.807) is 0 Å². The van der Waals surface area contributed by atoms with Crippen LogP contribution in [0.1, 0.15) is 0 Å². The number of carboxylic acids is 1. The van der Waals surface area contributed by atoms with Crippen LogP contribution in [0.3, 0.4) is 0 Å². The minimum Gasteiger partial charge on any atom is -0.480 e. The zero-order valence-electron chi connectivity index (χ0n) is 9.90. The fourth-order valence-electron chi connectivity index (χ4n) is 0.696. The summed E-state index contributed by atoms with van der Waals surface area (Å²) in [4.78, 5) is 19.7. The molecule has 0 saturated heterocycles. The van der Waals surface area contributed by atoms with Gasteiger partial charge in [-0.3, -0.25) is 4.79 Å². The summed E-state index contributed by atoms with van der Waals surface area (Å²) in [5.74, 6) is -0.815. The minimum atomic E-state index is -1.79. The molecule has 0 aromatic rings. The monoisotopic (exact) mass is 301 g/mol. The van der Waals surface area contributed by atoms with Gasteiger partial charge in [0, 0.05) is 5.75 Å². The van der Waals surface area contributed by atoms with Crippen LogP contribution in [0.5, 0.6) is 0 Å². The number of aliphatic carboxylic acids is 1. The molecule has 5 atom stereocenters. The van der Waals surface area contributed by atoms with Gasteiger partial charge in [0.2, 0.25) is 0 Å². The lowest BCUT2D eigenvalue weighted by molar-refractivity contribution is -0.138. The van der Waals surface area contributed by atoms with Crippen LogP contribution in [0.25, 0.3) is 0 Å². The first-order valence-electron chi connectivity index (χ1n) is 5.10. The van der Waals surface area contributed by atoms with E-state index in [2.05, 4.69) is 12.6 Å². The third kappa shape index (κ3) is 8.88. The molecular weight excluding hydrogens is 282 g/mol. The Labute approximate surface area is 114 Å². The Bertz CT molecular complexity index is 267. The predicted molar refractivity (Wildman–Crippen MR) is 66.6 cm³/mol. The van der Waals surface area contributed by atoms with E-state index < -0.39 is 43.0 Å². The lowest BCUT2D eigenvalue weighted by Crippen LogP contribution is -2.46. The summed E-state index contributed by atoms with van der Waals surface area (Å²) >= 11 is 3.65. The highest BCUT2D eigenvalue weighted by Crippen LogP contribution is 2.02. The van der Waals surface area contributed by atoms with E-state index in [0.29, 0.717) is 0 Å². The van der Waals surface area contributed by atoms with Crippen LogP contribution >= 0.6 is 12.6 Å². The summed E-state index contributed by atoms with van der Waals surface area (Å²) in [5.41, 5.74) is 4.94. The molecule has 0 rings (SSSR count). The first-order valence-corrected chi connectivity index (χ1v) is 5.73. The molecule has 0 heterocycles. The van der Waals surface area contributed by atoms with E-state index in [9.17, 15) is 9.59 Å². The summed E-state index contributed by atoms with van der Waals surface area (Å²) in [6.07, 6.45) is -6.84. The van der Waals surface area contributed by atoms with E-state index in [4.69, 9.17) is 36.4 Å². The van der Waals surface area contributed by atoms with Crippen LogP contribution in [-0.4, -0.2) is 85.7 Å². The van der Waals surface area contributed by atoms with Gasteiger partial charge in [-0.05, 0) is 0 Å². The lowest BCUT2D eigenvalue weighted by atomic mass is 10.0. The molecular formula is C9H19NO8S. The minimum absolute atomic E-state index is 0.0258. The maximum absolute atomic E-state index is 9.90. The number of rotatable bonds is 7. The van der Waals surface area contributed by atoms with E-state index in [1.165, 1.54) is 0 Å². The smallest absolute Gasteiger partial charge is 0.321 e. The van der Waals surface area contributed by atoms with Crippen molar-refractivity contribution in [2.75, 3.05) is 12.4 Å². The molecule has 10 heteroatoms. The number of aldehydes is 1. The summed E-state index contributed by atoms with van der Waals surface area (Å²) in [6.45, 7) is -0.760. The molecule has 8 N–H and O–H groups in total. The van der Waals surface area contributed by atoms with Gasteiger partial charge < -0.3 is 41.2 Å². The normalized spacial score (nSPS) is 18.3. The highest BCUT2D eigenvalue weighted by molar-refractivity contribution is 7.80. The topological polar surface area (TPSA) is 182 Å². The molecule has 0 aliphatic carbocycles. The van der Waals surface area contributed by atoms with Crippen LogP contribution in [0.4, 0.5) is 0 Å². The summed E-state index contributed by atoms with van der Waals surface area (Å²) in [5, 5.41) is 51.5. The van der Waals surface area contributed by atoms with Gasteiger partial charge in [-0.25, -0.2) is 0 Å². The Balaban J connectivity index is 0. The van der Waals surface area contributed by atoms with E-state index >= 15 is 0 Å². The van der Waals surface area contributed by atoms with Crippen LogP contribution in [-0.2, 0) is 9.59 Å². The fourth-order valence-corrected chi connectivity index (χ4v) is 0.852. The molecule has 0 amide bonds. The number of carbonyl (C=O) groups excluding carboxylic acids is 1. The number of hydrogen-bond donors (Lipinski definition) is 8. The Morgan fingerprint density at radius 1 is 1.21 bits per heavy atom. The van der Waals surface area contributed by atoms with Gasteiger partial charge in [-0.15, -0.1) is 0 Å². The molecule has 0 radical (unpaired) electrons. The molecule has 0 aliphatic rings. The molecule has 0 aromatic heterocycles. The van der Waals surface area contributed by atoms with Crippen molar-refractivity contribution in [2.24, 2.45) is 5.73 Å². The molecule has 114 valence electrons. The number of carboxylic acid groups (broad SMARTS) is 1. The third-order valence-corrected chi connectivity index (χ3v) is 2.33. The Morgan fingerprint density at radius 2 is 1.68 bits per heavy atom. The maximum atomic E-state index is 9.90. The molecule has 0 aromatic carbocycles. The van der Waals surface area contributed by atoms with Crippen molar-refractivity contribution in [3.8, 4) is 0 Å². The molecule has 0 spiro atoms. The van der Waals surface area contributed by atoms with E-state index in [-0.39, 0.29) is 12.0 Å². The highest BCUT2D eigenvalue weighted by Gasteiger charge is 2.29. The number of aliphatic hydroxyl groups excluding tert-OH is 5. The highest BCUT2D eigenvalue weighted by atomic mass is 32.1. The molecule has 9 nitrogen and oxygen atoms in total. The van der Waals surface area contributed by atoms with E-state index in [0.717, 1.165) is 0 Å². The van der Waals surface area contributed by atoms with Gasteiger partial charge in [0.05, 0.1) is 6.61 Å². The van der Waals surface area contributed by atoms with Gasteiger partial charge >= 0.3 is 5.97 Å². The molecule has 0 saturated carbocycles. The van der Waals surface area contributed by atoms with Gasteiger partial charge in [-0.2, -0.15) is 12.6 Å². The Hall–Kier alpha value is -0.750. The van der Waals surface area contributed by atoms with Crippen molar-refractivity contribution >= 4 is 24.9 Å². The standard InChI is InChI=1S/C6H12O6.C3H7NO2S/c7-1-3(9)5(11)6(12)4(10)2-8;4-2(1-7)3(5)6/h1,3-6,8-12H,2H2;2,7H,1,4H2,(H,5,6)/t3-,4-,5-,6-;2-/m11/s1. The lowest BCUT2D eigenvalue weighted by Gasteiger charge is -2.22. The molecule has 0 aliphatic heterocycles. The quantitative estimate of drug-likeness (QED) is 0.171. The number of aliphatic hydroxyl groups is 5. The number of carbonyl (C=O) groups is 2. The van der Waals surface area contributed by atoms with Crippen LogP contribution in [0.15, 0.2) is 0 Å². The fraction of sp³-hybridized carbons (Fsp3) is 0.778. The van der Waals surface area contributed by atoms with Crippen LogP contribution in [0, 0.1) is 0 Å². The largest absolute Gasteiger partial charge is 0.480 e. The van der Waals surface area contributed by atoms with Crippen molar-refractivity contribution < 1.29 is 40.2 Å². The van der Waals surface area contributed by atoms with Crippen LogP contribution in [0.2, 0.25) is 0 Å². The second kappa shape index (κ2) is 11.1. The molecule has 0 bridgehead atoms. The Morgan fingerprint density at radius 3 is 1.89 bits per heavy atom. The van der Waals surface area contributed by atoms with Crippen molar-refractivity contribution in [1.29, 1.82) is 0 Å². The second-order valence-electron chi connectivity index (χ2n) is 3.49. The second-order valence-corrected chi connectivity index (χ2v) is 3.85. The van der Waals surface area contributed by atoms with Gasteiger partial charge in [-0.1, -0.05) is 0 Å². The summed E-state index contributed by atoms with van der Waals surface area (Å²) < 4.78 is 0. The summed E-state index contributed by atoms with van der Waals surface area (Å²) in [7, 11) is 0. The van der Waals surface area contributed by atoms with Crippen LogP contribution < -0.4 is 5.73 Å². The predicted octanol–water partition coefficient (Wildman–Crippen LogP) is -4.05. The van der Waals surface area contributed by atoms with Gasteiger partial charge in [0.1, 0.15) is 30.5 Å². The van der Waals surface area contributed by atoms with Crippen molar-refractivity contribution in [3.05, 3.63) is 0 Å². The number of thiol groups is 1. The van der Waals surface area contributed by atoms with Gasteiger partial charge in [0.15, 0.2) is 6.29 Å². The zero-order chi connectivity index (χ0) is 15.6. The average molecular weight is 301 g/mol. The first-order chi connectivity index (χ1) is 8.72. The molecule has 0 unspecified atom stereocenters. The SMILES string of the molecule is N[C@H](CS)C(=O)O.O=C[C@@H](O)[C@@H](O)[C@H](O)[C@H](O)CO. The summed E-state index contributed by atoms with van der Waals surface area (Å²) in [6, 6.07) is -0.816. The van der Waals surface area contributed by atoms with Crippen molar-refractivity contribution in [1.82, 2.24) is 0 Å². The number of nitrogens with two attached hydrogens (primary N) is 1. The maximum Gasteiger partial charge on any atom is 0.321 e.